The van der Waals surface area contributed by atoms with Crippen molar-refractivity contribution in [3.8, 4) is 28.7 Å². The standard InChI is InChI=1S/C28H26N2O8/c1-34-21-12-18(13-22(35-2)27(21)36-3)24-23(25(31)17-6-7-19-20(11-17)38-10-9-37-19)26(32)28(33)30(24)15-16-5-4-8-29-14-16/h4-8,11-14,24,31H,9-10,15H2,1-3H3. The van der Waals surface area contributed by atoms with Crippen molar-refractivity contribution in [2.45, 2.75) is 12.6 Å². The van der Waals surface area contributed by atoms with Crippen molar-refractivity contribution >= 4 is 17.4 Å². The molecule has 1 atom stereocenters. The van der Waals surface area contributed by atoms with Crippen LogP contribution in [0.15, 0.2) is 60.4 Å². The summed E-state index contributed by atoms with van der Waals surface area (Å²) in [5, 5.41) is 11.5. The number of aromatic nitrogens is 1. The van der Waals surface area contributed by atoms with Gasteiger partial charge in [0.2, 0.25) is 5.75 Å². The van der Waals surface area contributed by atoms with Crippen molar-refractivity contribution < 1.29 is 38.4 Å². The highest BCUT2D eigenvalue weighted by atomic mass is 16.6. The van der Waals surface area contributed by atoms with Gasteiger partial charge in [-0.05, 0) is 47.5 Å². The zero-order chi connectivity index (χ0) is 26.8. The molecule has 10 nitrogen and oxygen atoms in total. The molecule has 1 N–H and O–H groups in total. The van der Waals surface area contributed by atoms with Crippen LogP contribution in [0.4, 0.5) is 0 Å². The minimum atomic E-state index is -0.961. The van der Waals surface area contributed by atoms with Crippen LogP contribution >= 0.6 is 0 Å². The Kier molecular flexibility index (Phi) is 6.78. The molecule has 1 saturated heterocycles. The molecule has 196 valence electrons. The van der Waals surface area contributed by atoms with Gasteiger partial charge in [-0.2, -0.15) is 0 Å². The van der Waals surface area contributed by atoms with Crippen molar-refractivity contribution in [2.75, 3.05) is 34.5 Å². The van der Waals surface area contributed by atoms with Crippen molar-refractivity contribution in [1.82, 2.24) is 9.88 Å². The summed E-state index contributed by atoms with van der Waals surface area (Å²) in [6, 6.07) is 10.8. The first kappa shape index (κ1) is 24.9. The predicted octanol–water partition coefficient (Wildman–Crippen LogP) is 3.50. The van der Waals surface area contributed by atoms with E-state index in [-0.39, 0.29) is 17.9 Å². The van der Waals surface area contributed by atoms with E-state index in [4.69, 9.17) is 23.7 Å². The van der Waals surface area contributed by atoms with Gasteiger partial charge in [-0.25, -0.2) is 0 Å². The number of carbonyl (C=O) groups excluding carboxylic acids is 2. The van der Waals surface area contributed by atoms with E-state index in [1.165, 1.54) is 26.2 Å². The molecule has 1 aromatic heterocycles. The monoisotopic (exact) mass is 518 g/mol. The van der Waals surface area contributed by atoms with E-state index >= 15 is 0 Å². The van der Waals surface area contributed by atoms with Gasteiger partial charge in [0, 0.05) is 24.5 Å². The number of hydrogen-bond donors (Lipinski definition) is 1. The summed E-state index contributed by atoms with van der Waals surface area (Å²) in [6.45, 7) is 0.856. The van der Waals surface area contributed by atoms with E-state index in [9.17, 15) is 14.7 Å². The first-order valence-electron chi connectivity index (χ1n) is 11.8. The smallest absolute Gasteiger partial charge is 0.295 e. The minimum Gasteiger partial charge on any atom is -0.507 e. The number of rotatable bonds is 7. The summed E-state index contributed by atoms with van der Waals surface area (Å²) in [5.41, 5.74) is 1.43. The van der Waals surface area contributed by atoms with Crippen LogP contribution in [0, 0.1) is 0 Å². The van der Waals surface area contributed by atoms with E-state index in [0.717, 1.165) is 0 Å². The largest absolute Gasteiger partial charge is 0.507 e. The number of aliphatic hydroxyl groups excluding tert-OH is 1. The number of hydrogen-bond acceptors (Lipinski definition) is 9. The number of carbonyl (C=O) groups is 2. The average Bonchev–Trinajstić information content (AvgIpc) is 3.21. The molecule has 2 aliphatic rings. The minimum absolute atomic E-state index is 0.0789. The Hall–Kier alpha value is -4.73. The highest BCUT2D eigenvalue weighted by Crippen LogP contribution is 2.46. The molecule has 0 radical (unpaired) electrons. The molecule has 0 spiro atoms. The summed E-state index contributed by atoms with van der Waals surface area (Å²) in [7, 11) is 4.43. The lowest BCUT2D eigenvalue weighted by Crippen LogP contribution is -2.29. The van der Waals surface area contributed by atoms with E-state index in [0.29, 0.717) is 58.7 Å². The number of fused-ring (bicyclic) bond motifs is 1. The number of pyridine rings is 1. The molecule has 2 aromatic carbocycles. The number of likely N-dealkylation sites (tertiary alicyclic amines) is 1. The summed E-state index contributed by atoms with van der Waals surface area (Å²) in [6.07, 6.45) is 3.24. The lowest BCUT2D eigenvalue weighted by Gasteiger charge is -2.26. The van der Waals surface area contributed by atoms with Crippen molar-refractivity contribution in [2.24, 2.45) is 0 Å². The topological polar surface area (TPSA) is 117 Å². The van der Waals surface area contributed by atoms with Gasteiger partial charge in [0.25, 0.3) is 11.7 Å². The number of amides is 1. The molecule has 38 heavy (non-hydrogen) atoms. The van der Waals surface area contributed by atoms with Crippen LogP contribution in [0.3, 0.4) is 0 Å². The van der Waals surface area contributed by atoms with Gasteiger partial charge >= 0.3 is 0 Å². The third-order valence-corrected chi connectivity index (χ3v) is 6.43. The van der Waals surface area contributed by atoms with Crippen LogP contribution in [0.1, 0.15) is 22.7 Å². The average molecular weight is 519 g/mol. The van der Waals surface area contributed by atoms with Crippen LogP contribution in [-0.4, -0.2) is 61.2 Å². The number of ether oxygens (including phenoxy) is 5. The molecule has 0 aliphatic carbocycles. The summed E-state index contributed by atoms with van der Waals surface area (Å²) >= 11 is 0. The van der Waals surface area contributed by atoms with E-state index < -0.39 is 17.7 Å². The maximum absolute atomic E-state index is 13.5. The number of ketones is 1. The van der Waals surface area contributed by atoms with Crippen LogP contribution in [0.2, 0.25) is 0 Å². The van der Waals surface area contributed by atoms with Gasteiger partial charge in [0.1, 0.15) is 19.0 Å². The SMILES string of the molecule is COc1cc(C2C(=C(O)c3ccc4c(c3)OCCO4)C(=O)C(=O)N2Cc2cccnc2)cc(OC)c1OC. The Labute approximate surface area is 219 Å². The second-order valence-corrected chi connectivity index (χ2v) is 8.61. The van der Waals surface area contributed by atoms with Crippen LogP contribution in [0.5, 0.6) is 28.7 Å². The molecule has 5 rings (SSSR count). The number of nitrogens with zero attached hydrogens (tertiary/aromatic N) is 2. The molecule has 0 saturated carbocycles. The van der Waals surface area contributed by atoms with Crippen molar-refractivity contribution in [3.05, 3.63) is 77.1 Å². The van der Waals surface area contributed by atoms with Gasteiger partial charge in [-0.15, -0.1) is 0 Å². The van der Waals surface area contributed by atoms with Crippen LogP contribution in [0.25, 0.3) is 5.76 Å². The normalized spacial score (nSPS) is 17.9. The quantitative estimate of drug-likeness (QED) is 0.285. The summed E-state index contributed by atoms with van der Waals surface area (Å²) in [5.74, 6) is 0.0933. The number of aliphatic hydroxyl groups is 1. The lowest BCUT2D eigenvalue weighted by atomic mass is 9.94. The van der Waals surface area contributed by atoms with E-state index in [2.05, 4.69) is 4.98 Å². The lowest BCUT2D eigenvalue weighted by molar-refractivity contribution is -0.140. The molecule has 3 aromatic rings. The Morgan fingerprint density at radius 3 is 2.34 bits per heavy atom. The molecule has 1 fully saturated rings. The van der Waals surface area contributed by atoms with Crippen molar-refractivity contribution in [3.63, 3.8) is 0 Å². The molecule has 1 unspecified atom stereocenters. The van der Waals surface area contributed by atoms with Crippen LogP contribution < -0.4 is 23.7 Å². The van der Waals surface area contributed by atoms with E-state index in [1.807, 2.05) is 0 Å². The van der Waals surface area contributed by atoms with Gasteiger partial charge in [0.05, 0.1) is 32.9 Å². The number of benzene rings is 2. The van der Waals surface area contributed by atoms with Crippen molar-refractivity contribution in [1.29, 1.82) is 0 Å². The fourth-order valence-corrected chi connectivity index (χ4v) is 4.68. The third kappa shape index (κ3) is 4.34. The second-order valence-electron chi connectivity index (χ2n) is 8.61. The zero-order valence-corrected chi connectivity index (χ0v) is 21.1. The Morgan fingerprint density at radius 1 is 1.00 bits per heavy atom. The Balaban J connectivity index is 1.70. The first-order valence-corrected chi connectivity index (χ1v) is 11.8. The second kappa shape index (κ2) is 10.3. The molecule has 3 heterocycles. The van der Waals surface area contributed by atoms with E-state index in [1.54, 1.807) is 54.9 Å². The molecule has 0 bridgehead atoms. The fraction of sp³-hybridized carbons (Fsp3) is 0.250. The predicted molar refractivity (Wildman–Crippen MR) is 136 cm³/mol. The summed E-state index contributed by atoms with van der Waals surface area (Å²) in [4.78, 5) is 32.4. The highest BCUT2D eigenvalue weighted by Gasteiger charge is 2.46. The number of Topliss-reactive ketones (excluding diaryl/α,β-unsaturated/α-hetero) is 1. The first-order chi connectivity index (χ1) is 18.5. The van der Waals surface area contributed by atoms with Gasteiger partial charge in [-0.1, -0.05) is 6.07 Å². The van der Waals surface area contributed by atoms with Gasteiger partial charge < -0.3 is 33.7 Å². The van der Waals surface area contributed by atoms with Gasteiger partial charge in [0.15, 0.2) is 23.0 Å². The molecular weight excluding hydrogens is 492 g/mol. The molecule has 2 aliphatic heterocycles. The maximum Gasteiger partial charge on any atom is 0.295 e. The molecule has 10 heteroatoms. The Morgan fingerprint density at radius 2 is 1.71 bits per heavy atom. The Bertz CT molecular complexity index is 1390. The summed E-state index contributed by atoms with van der Waals surface area (Å²) < 4.78 is 27.7. The maximum atomic E-state index is 13.5. The number of methoxy groups -OCH3 is 3. The highest BCUT2D eigenvalue weighted by molar-refractivity contribution is 6.46. The zero-order valence-electron chi connectivity index (χ0n) is 21.1. The molecule has 1 amide bonds. The van der Waals surface area contributed by atoms with Crippen LogP contribution in [-0.2, 0) is 16.1 Å². The molecular formula is C28H26N2O8. The third-order valence-electron chi connectivity index (χ3n) is 6.43. The van der Waals surface area contributed by atoms with Gasteiger partial charge in [-0.3, -0.25) is 14.6 Å². The fourth-order valence-electron chi connectivity index (χ4n) is 4.68.